The maximum absolute atomic E-state index is 13.0. The van der Waals surface area contributed by atoms with Gasteiger partial charge < -0.3 is 10.6 Å². The molecule has 0 bridgehead atoms. The van der Waals surface area contributed by atoms with Crippen molar-refractivity contribution in [3.05, 3.63) is 35.4 Å². The molecule has 4 nitrogen and oxygen atoms in total. The molecule has 1 fully saturated rings. The summed E-state index contributed by atoms with van der Waals surface area (Å²) in [7, 11) is 0. The Balaban J connectivity index is 0.00000220. The van der Waals surface area contributed by atoms with Gasteiger partial charge in [-0.3, -0.25) is 9.69 Å². The summed E-state index contributed by atoms with van der Waals surface area (Å²) >= 11 is 0. The Bertz CT molecular complexity index is 467. The molecule has 0 saturated carbocycles. The van der Waals surface area contributed by atoms with Gasteiger partial charge in [-0.1, -0.05) is 0 Å². The van der Waals surface area contributed by atoms with E-state index in [1.54, 1.807) is 0 Å². The van der Waals surface area contributed by atoms with Crippen LogP contribution < -0.4 is 10.6 Å². The van der Waals surface area contributed by atoms with Crippen molar-refractivity contribution in [3.8, 4) is 0 Å². The Morgan fingerprint density at radius 3 is 2.67 bits per heavy atom. The van der Waals surface area contributed by atoms with E-state index in [0.717, 1.165) is 25.7 Å². The molecule has 1 aromatic carbocycles. The summed E-state index contributed by atoms with van der Waals surface area (Å²) < 4.78 is 26.0. The summed E-state index contributed by atoms with van der Waals surface area (Å²) in [6.45, 7) is 5.05. The van der Waals surface area contributed by atoms with E-state index in [2.05, 4.69) is 22.5 Å². The van der Waals surface area contributed by atoms with E-state index >= 15 is 0 Å². The molecule has 1 saturated heterocycles. The van der Waals surface area contributed by atoms with E-state index in [1.165, 1.54) is 12.1 Å². The minimum absolute atomic E-state index is 0. The van der Waals surface area contributed by atoms with E-state index < -0.39 is 11.6 Å². The van der Waals surface area contributed by atoms with Crippen molar-refractivity contribution in [2.45, 2.75) is 19.5 Å². The number of amides is 1. The average Bonchev–Trinajstić information content (AvgIpc) is 2.38. The van der Waals surface area contributed by atoms with Crippen molar-refractivity contribution in [3.63, 3.8) is 0 Å². The van der Waals surface area contributed by atoms with Crippen molar-refractivity contribution in [2.75, 3.05) is 26.2 Å². The predicted octanol–water partition coefficient (Wildman–Crippen LogP) is 1.30. The first-order chi connectivity index (χ1) is 9.54. The molecule has 1 aliphatic rings. The van der Waals surface area contributed by atoms with E-state index in [4.69, 9.17) is 0 Å². The lowest BCUT2D eigenvalue weighted by molar-refractivity contribution is -0.123. The van der Waals surface area contributed by atoms with E-state index in [0.29, 0.717) is 18.2 Å². The van der Waals surface area contributed by atoms with Gasteiger partial charge in [0.1, 0.15) is 11.6 Å². The monoisotopic (exact) mass is 319 g/mol. The van der Waals surface area contributed by atoms with Gasteiger partial charge in [-0.25, -0.2) is 8.78 Å². The first-order valence-electron chi connectivity index (χ1n) is 6.71. The molecule has 1 heterocycles. The van der Waals surface area contributed by atoms with Gasteiger partial charge in [0, 0.05) is 38.3 Å². The van der Waals surface area contributed by atoms with Crippen molar-refractivity contribution in [1.29, 1.82) is 0 Å². The van der Waals surface area contributed by atoms with E-state index in [-0.39, 0.29) is 24.9 Å². The van der Waals surface area contributed by atoms with Crippen LogP contribution in [0.2, 0.25) is 0 Å². The highest BCUT2D eigenvalue weighted by molar-refractivity contribution is 5.85. The highest BCUT2D eigenvalue weighted by atomic mass is 35.5. The van der Waals surface area contributed by atoms with E-state index in [9.17, 15) is 13.6 Å². The number of halogens is 3. The Hall–Kier alpha value is -1.24. The third-order valence-corrected chi connectivity index (χ3v) is 3.40. The minimum Gasteiger partial charge on any atom is -0.351 e. The van der Waals surface area contributed by atoms with Crippen LogP contribution in [-0.2, 0) is 11.3 Å². The molecule has 2 rings (SSSR count). The third-order valence-electron chi connectivity index (χ3n) is 3.40. The van der Waals surface area contributed by atoms with Crippen molar-refractivity contribution < 1.29 is 13.6 Å². The number of benzene rings is 1. The summed E-state index contributed by atoms with van der Waals surface area (Å²) in [5.74, 6) is -1.40. The number of carbonyl (C=O) groups is 1. The molecule has 0 unspecified atom stereocenters. The highest BCUT2D eigenvalue weighted by Gasteiger charge is 2.19. The zero-order valence-corrected chi connectivity index (χ0v) is 12.7. The fourth-order valence-corrected chi connectivity index (χ4v) is 2.27. The van der Waals surface area contributed by atoms with Gasteiger partial charge in [-0.05, 0) is 24.6 Å². The number of piperazine rings is 1. The number of carbonyl (C=O) groups excluding carboxylic acids is 1. The van der Waals surface area contributed by atoms with Gasteiger partial charge in [-0.15, -0.1) is 12.4 Å². The zero-order valence-electron chi connectivity index (χ0n) is 11.9. The van der Waals surface area contributed by atoms with Crippen LogP contribution >= 0.6 is 12.4 Å². The normalized spacial score (nSPS) is 18.9. The molecule has 7 heteroatoms. The predicted molar refractivity (Wildman–Crippen MR) is 79.4 cm³/mol. The van der Waals surface area contributed by atoms with Gasteiger partial charge in [-0.2, -0.15) is 0 Å². The average molecular weight is 320 g/mol. The van der Waals surface area contributed by atoms with Crippen molar-refractivity contribution in [2.24, 2.45) is 0 Å². The maximum atomic E-state index is 13.0. The van der Waals surface area contributed by atoms with Crippen LogP contribution in [0.15, 0.2) is 18.2 Å². The molecule has 1 atom stereocenters. The topological polar surface area (TPSA) is 44.4 Å². The molecule has 0 aromatic heterocycles. The highest BCUT2D eigenvalue weighted by Crippen LogP contribution is 2.07. The minimum atomic E-state index is -0.634. The van der Waals surface area contributed by atoms with Crippen LogP contribution in [0.1, 0.15) is 12.5 Å². The largest absolute Gasteiger partial charge is 0.351 e. The number of rotatable bonds is 4. The molecule has 1 amide bonds. The SMILES string of the molecule is C[C@@H]1CNCCN1CC(=O)NCc1cc(F)cc(F)c1.Cl. The van der Waals surface area contributed by atoms with Gasteiger partial charge in [0.2, 0.25) is 5.91 Å². The first kappa shape index (κ1) is 17.8. The molecule has 118 valence electrons. The molecular weight excluding hydrogens is 300 g/mol. The lowest BCUT2D eigenvalue weighted by Gasteiger charge is -2.33. The Morgan fingerprint density at radius 1 is 1.38 bits per heavy atom. The second-order valence-corrected chi connectivity index (χ2v) is 5.08. The molecule has 0 radical (unpaired) electrons. The lowest BCUT2D eigenvalue weighted by atomic mass is 10.2. The van der Waals surface area contributed by atoms with Crippen LogP contribution in [0.3, 0.4) is 0 Å². The van der Waals surface area contributed by atoms with Crippen LogP contribution in [0.4, 0.5) is 8.78 Å². The summed E-state index contributed by atoms with van der Waals surface area (Å²) in [6.07, 6.45) is 0. The standard InChI is InChI=1S/C14H19F2N3O.ClH/c1-10-7-17-2-3-19(10)9-14(20)18-8-11-4-12(15)6-13(16)5-11;/h4-6,10,17H,2-3,7-9H2,1H3,(H,18,20);1H/t10-;/m1./s1. The Kier molecular flexibility index (Phi) is 7.01. The number of hydrogen-bond donors (Lipinski definition) is 2. The van der Waals surface area contributed by atoms with Crippen LogP contribution in [0.5, 0.6) is 0 Å². The summed E-state index contributed by atoms with van der Waals surface area (Å²) in [6, 6.07) is 3.56. The number of nitrogens with one attached hydrogen (secondary N) is 2. The van der Waals surface area contributed by atoms with Crippen LogP contribution in [0.25, 0.3) is 0 Å². The molecule has 2 N–H and O–H groups in total. The smallest absolute Gasteiger partial charge is 0.234 e. The Labute approximate surface area is 129 Å². The molecule has 21 heavy (non-hydrogen) atoms. The molecule has 1 aliphatic heterocycles. The molecule has 0 aliphatic carbocycles. The Morgan fingerprint density at radius 2 is 2.05 bits per heavy atom. The zero-order chi connectivity index (χ0) is 14.5. The van der Waals surface area contributed by atoms with Gasteiger partial charge in [0.25, 0.3) is 0 Å². The van der Waals surface area contributed by atoms with Crippen molar-refractivity contribution >= 4 is 18.3 Å². The fourth-order valence-electron chi connectivity index (χ4n) is 2.27. The van der Waals surface area contributed by atoms with Crippen molar-refractivity contribution in [1.82, 2.24) is 15.5 Å². The van der Waals surface area contributed by atoms with Gasteiger partial charge in [0.15, 0.2) is 0 Å². The molecule has 0 spiro atoms. The van der Waals surface area contributed by atoms with E-state index in [1.807, 2.05) is 0 Å². The first-order valence-corrected chi connectivity index (χ1v) is 6.71. The lowest BCUT2D eigenvalue weighted by Crippen LogP contribution is -2.52. The fraction of sp³-hybridized carbons (Fsp3) is 0.500. The van der Waals surface area contributed by atoms with Gasteiger partial charge >= 0.3 is 0 Å². The van der Waals surface area contributed by atoms with Gasteiger partial charge in [0.05, 0.1) is 6.54 Å². The summed E-state index contributed by atoms with van der Waals surface area (Å²) in [5.41, 5.74) is 0.421. The molecule has 1 aromatic rings. The maximum Gasteiger partial charge on any atom is 0.234 e. The summed E-state index contributed by atoms with van der Waals surface area (Å²) in [4.78, 5) is 13.9. The third kappa shape index (κ3) is 5.57. The number of hydrogen-bond acceptors (Lipinski definition) is 3. The second-order valence-electron chi connectivity index (χ2n) is 5.08. The van der Waals surface area contributed by atoms with Crippen LogP contribution in [0, 0.1) is 11.6 Å². The second kappa shape index (κ2) is 8.26. The number of nitrogens with zero attached hydrogens (tertiary/aromatic N) is 1. The van der Waals surface area contributed by atoms with Crippen LogP contribution in [-0.4, -0.2) is 43.0 Å². The summed E-state index contributed by atoms with van der Waals surface area (Å²) in [5, 5.41) is 5.94. The quantitative estimate of drug-likeness (QED) is 0.879. The molecular formula is C14H20ClF2N3O.